The van der Waals surface area contributed by atoms with Gasteiger partial charge in [0.2, 0.25) is 0 Å². The van der Waals surface area contributed by atoms with E-state index in [1.165, 1.54) is 16.8 Å². The number of aromatic nitrogens is 1. The minimum absolute atomic E-state index is 0.177. The number of carbonyl (C=O) groups is 1. The van der Waals surface area contributed by atoms with Crippen LogP contribution in [0.2, 0.25) is 5.02 Å². The number of halogens is 1. The molecule has 0 radical (unpaired) electrons. The number of carbonyl (C=O) groups excluding carboxylic acids is 1. The monoisotopic (exact) mass is 448 g/mol. The van der Waals surface area contributed by atoms with Gasteiger partial charge in [-0.05, 0) is 68.9 Å². The first-order chi connectivity index (χ1) is 13.9. The summed E-state index contributed by atoms with van der Waals surface area (Å²) in [6.45, 7) is 10.2. The number of ether oxygens (including phenoxy) is 2. The highest BCUT2D eigenvalue weighted by atomic mass is 35.5. The fourth-order valence-electron chi connectivity index (χ4n) is 2.98. The average Bonchev–Trinajstić information content (AvgIpc) is 3.13. The smallest absolute Gasteiger partial charge is 0.285 e. The van der Waals surface area contributed by atoms with Gasteiger partial charge in [-0.1, -0.05) is 36.0 Å². The zero-order chi connectivity index (χ0) is 21.1. The molecule has 1 fully saturated rings. The van der Waals surface area contributed by atoms with Gasteiger partial charge >= 0.3 is 0 Å². The van der Waals surface area contributed by atoms with Gasteiger partial charge in [-0.15, -0.1) is 0 Å². The van der Waals surface area contributed by atoms with Crippen molar-refractivity contribution in [3.63, 3.8) is 0 Å². The summed E-state index contributed by atoms with van der Waals surface area (Å²) in [7, 11) is 0. The van der Waals surface area contributed by atoms with Gasteiger partial charge in [0.05, 0.1) is 16.5 Å². The molecule has 0 atom stereocenters. The van der Waals surface area contributed by atoms with Gasteiger partial charge in [0.1, 0.15) is 6.61 Å². The first-order valence-corrected chi connectivity index (χ1v) is 10.6. The van der Waals surface area contributed by atoms with Gasteiger partial charge in [-0.2, -0.15) is 5.01 Å². The second kappa shape index (κ2) is 9.07. The minimum atomic E-state index is -0.177. The van der Waals surface area contributed by atoms with Crippen LogP contribution < -0.4 is 14.5 Å². The van der Waals surface area contributed by atoms with E-state index in [4.69, 9.17) is 33.3 Å². The molecule has 1 aliphatic heterocycles. The highest BCUT2D eigenvalue weighted by Crippen LogP contribution is 2.39. The van der Waals surface area contributed by atoms with Crippen LogP contribution in [-0.4, -0.2) is 28.1 Å². The van der Waals surface area contributed by atoms with Crippen LogP contribution >= 0.6 is 35.6 Å². The fraction of sp³-hybridized carbons (Fsp3) is 0.238. The van der Waals surface area contributed by atoms with E-state index in [1.54, 1.807) is 24.3 Å². The lowest BCUT2D eigenvalue weighted by molar-refractivity contribution is -0.114. The fourth-order valence-corrected chi connectivity index (χ4v) is 4.49. The van der Waals surface area contributed by atoms with Gasteiger partial charge in [-0.3, -0.25) is 9.47 Å². The summed E-state index contributed by atoms with van der Waals surface area (Å²) >= 11 is 13.1. The number of aryl methyl sites for hydroxylation is 2. The standard InChI is InChI=1S/C21H21ClN2O3S2/c1-5-9-27-19-16(22)10-15(11-17(19)26-6-2)12-18-20(25)24(21(28)29-18)23-13(3)7-8-14(23)4/h5,7-8,10-12H,1,6,9H2,2-4H3/b18-12+. The number of amides is 1. The van der Waals surface area contributed by atoms with Crippen molar-refractivity contribution in [2.24, 2.45) is 0 Å². The molecule has 8 heteroatoms. The molecule has 0 unspecified atom stereocenters. The molecule has 152 valence electrons. The third-order valence-electron chi connectivity index (χ3n) is 4.18. The van der Waals surface area contributed by atoms with Crippen molar-refractivity contribution in [2.45, 2.75) is 20.8 Å². The molecular formula is C21H21ClN2O3S2. The molecule has 1 aliphatic rings. The largest absolute Gasteiger partial charge is 0.490 e. The van der Waals surface area contributed by atoms with Crippen molar-refractivity contribution in [3.05, 3.63) is 63.8 Å². The van der Waals surface area contributed by atoms with Crippen molar-refractivity contribution in [1.82, 2.24) is 4.68 Å². The first-order valence-electron chi connectivity index (χ1n) is 9.00. The summed E-state index contributed by atoms with van der Waals surface area (Å²) in [5.74, 6) is 0.792. The number of thiocarbonyl (C=S) groups is 1. The number of rotatable bonds is 7. The third-order valence-corrected chi connectivity index (χ3v) is 5.75. The molecule has 0 saturated carbocycles. The molecular weight excluding hydrogens is 428 g/mol. The Hall–Kier alpha value is -2.22. The first kappa shape index (κ1) is 21.5. The Morgan fingerprint density at radius 2 is 1.93 bits per heavy atom. The average molecular weight is 449 g/mol. The van der Waals surface area contributed by atoms with Crippen LogP contribution in [0.25, 0.3) is 6.08 Å². The van der Waals surface area contributed by atoms with Crippen LogP contribution in [0.5, 0.6) is 11.5 Å². The maximum atomic E-state index is 13.1. The molecule has 1 aromatic carbocycles. The molecule has 2 aromatic rings. The Labute approximate surface area is 184 Å². The number of hydrogen-bond donors (Lipinski definition) is 0. The summed E-state index contributed by atoms with van der Waals surface area (Å²) < 4.78 is 13.6. The lowest BCUT2D eigenvalue weighted by Gasteiger charge is -2.20. The van der Waals surface area contributed by atoms with Crippen molar-refractivity contribution >= 4 is 51.9 Å². The van der Waals surface area contributed by atoms with E-state index in [9.17, 15) is 4.79 Å². The van der Waals surface area contributed by atoms with Crippen molar-refractivity contribution in [2.75, 3.05) is 18.2 Å². The Bertz CT molecular complexity index is 994. The quantitative estimate of drug-likeness (QED) is 0.328. The lowest BCUT2D eigenvalue weighted by Crippen LogP contribution is -2.39. The predicted octanol–water partition coefficient (Wildman–Crippen LogP) is 5.26. The van der Waals surface area contributed by atoms with Gasteiger partial charge in [-0.25, -0.2) is 0 Å². The van der Waals surface area contributed by atoms with E-state index in [1.807, 2.05) is 37.6 Å². The second-order valence-electron chi connectivity index (χ2n) is 6.28. The van der Waals surface area contributed by atoms with Crippen molar-refractivity contribution < 1.29 is 14.3 Å². The molecule has 0 aliphatic carbocycles. The van der Waals surface area contributed by atoms with Crippen LogP contribution in [0.3, 0.4) is 0 Å². The Morgan fingerprint density at radius 1 is 1.24 bits per heavy atom. The Morgan fingerprint density at radius 3 is 2.55 bits per heavy atom. The second-order valence-corrected chi connectivity index (χ2v) is 8.37. The van der Waals surface area contributed by atoms with Crippen molar-refractivity contribution in [3.8, 4) is 11.5 Å². The summed E-state index contributed by atoms with van der Waals surface area (Å²) in [6.07, 6.45) is 3.40. The SMILES string of the molecule is C=CCOc1c(Cl)cc(/C=C2/SC(=S)N(n3c(C)ccc3C)C2=O)cc1OCC. The maximum absolute atomic E-state index is 13.1. The molecule has 1 saturated heterocycles. The van der Waals surface area contributed by atoms with Gasteiger partial charge in [0, 0.05) is 11.4 Å². The zero-order valence-corrected chi connectivity index (χ0v) is 18.8. The van der Waals surface area contributed by atoms with E-state index in [2.05, 4.69) is 6.58 Å². The minimum Gasteiger partial charge on any atom is -0.490 e. The van der Waals surface area contributed by atoms with Gasteiger partial charge < -0.3 is 9.47 Å². The Kier molecular flexibility index (Phi) is 6.72. The molecule has 1 amide bonds. The van der Waals surface area contributed by atoms with Gasteiger partial charge in [0.25, 0.3) is 5.91 Å². The number of nitrogens with zero attached hydrogens (tertiary/aromatic N) is 2. The number of hydrogen-bond acceptors (Lipinski definition) is 5. The molecule has 5 nitrogen and oxygen atoms in total. The van der Waals surface area contributed by atoms with Crippen LogP contribution in [-0.2, 0) is 4.79 Å². The lowest BCUT2D eigenvalue weighted by atomic mass is 10.2. The topological polar surface area (TPSA) is 43.7 Å². The number of benzene rings is 1. The van der Waals surface area contributed by atoms with Crippen LogP contribution in [0.1, 0.15) is 23.9 Å². The normalized spacial score (nSPS) is 15.3. The van der Waals surface area contributed by atoms with Crippen LogP contribution in [0.4, 0.5) is 0 Å². The van der Waals surface area contributed by atoms with Gasteiger partial charge in [0.15, 0.2) is 15.8 Å². The highest BCUT2D eigenvalue weighted by molar-refractivity contribution is 8.27. The molecule has 3 rings (SSSR count). The molecule has 29 heavy (non-hydrogen) atoms. The number of thioether (sulfide) groups is 1. The molecule has 0 N–H and O–H groups in total. The van der Waals surface area contributed by atoms with E-state index in [0.29, 0.717) is 39.0 Å². The molecule has 0 spiro atoms. The maximum Gasteiger partial charge on any atom is 0.285 e. The van der Waals surface area contributed by atoms with Crippen molar-refractivity contribution in [1.29, 1.82) is 0 Å². The molecule has 1 aromatic heterocycles. The van der Waals surface area contributed by atoms with Crippen LogP contribution in [0.15, 0.2) is 41.8 Å². The Balaban J connectivity index is 1.97. The summed E-state index contributed by atoms with van der Waals surface area (Å²) in [4.78, 5) is 13.6. The van der Waals surface area contributed by atoms with E-state index in [-0.39, 0.29) is 5.91 Å². The third kappa shape index (κ3) is 4.37. The summed E-state index contributed by atoms with van der Waals surface area (Å²) in [5.41, 5.74) is 2.60. The van der Waals surface area contributed by atoms with E-state index < -0.39 is 0 Å². The predicted molar refractivity (Wildman–Crippen MR) is 124 cm³/mol. The molecule has 2 heterocycles. The summed E-state index contributed by atoms with van der Waals surface area (Å²) in [5, 5.41) is 1.92. The molecule has 0 bridgehead atoms. The van der Waals surface area contributed by atoms with E-state index >= 15 is 0 Å². The van der Waals surface area contributed by atoms with E-state index in [0.717, 1.165) is 17.0 Å². The highest BCUT2D eigenvalue weighted by Gasteiger charge is 2.34. The summed E-state index contributed by atoms with van der Waals surface area (Å²) in [6, 6.07) is 7.44. The van der Waals surface area contributed by atoms with Crippen LogP contribution in [0, 0.1) is 13.8 Å². The zero-order valence-electron chi connectivity index (χ0n) is 16.4.